The van der Waals surface area contributed by atoms with Gasteiger partial charge in [-0.05, 0) is 12.8 Å². The van der Waals surface area contributed by atoms with Crippen molar-refractivity contribution in [2.75, 3.05) is 11.9 Å². The molecule has 1 saturated heterocycles. The third-order valence-electron chi connectivity index (χ3n) is 2.85. The molecule has 0 aromatic carbocycles. The van der Waals surface area contributed by atoms with Gasteiger partial charge in [0, 0.05) is 25.0 Å². The Hall–Kier alpha value is -0.840. The van der Waals surface area contributed by atoms with E-state index in [0.29, 0.717) is 11.7 Å². The normalized spacial score (nSPS) is 20.9. The summed E-state index contributed by atoms with van der Waals surface area (Å²) in [5.41, 5.74) is 0.669. The van der Waals surface area contributed by atoms with E-state index in [1.54, 1.807) is 17.1 Å². The highest BCUT2D eigenvalue weighted by atomic mass is 79.9. The monoisotopic (exact) mass is 271 g/mol. The molecule has 2 heterocycles. The number of hydrogen-bond acceptors (Lipinski definition) is 2. The van der Waals surface area contributed by atoms with Crippen LogP contribution >= 0.6 is 15.9 Å². The van der Waals surface area contributed by atoms with E-state index in [-0.39, 0.29) is 5.91 Å². The quantitative estimate of drug-likeness (QED) is 0.764. The topological polar surface area (TPSA) is 38.1 Å². The van der Waals surface area contributed by atoms with Crippen LogP contribution in [0.3, 0.4) is 0 Å². The zero-order valence-corrected chi connectivity index (χ0v) is 10.3. The van der Waals surface area contributed by atoms with Gasteiger partial charge in [-0.1, -0.05) is 15.9 Å². The van der Waals surface area contributed by atoms with Crippen LogP contribution in [0.15, 0.2) is 12.5 Å². The lowest BCUT2D eigenvalue weighted by molar-refractivity contribution is 0.0741. The third kappa shape index (κ3) is 1.93. The standard InChI is InChI=1S/C10H14BrN3O/c1-13-7-12-6-9(13)10(15)14-4-2-3-8(14)5-11/h6-8H,2-5H2,1H3. The van der Waals surface area contributed by atoms with Gasteiger partial charge in [0.15, 0.2) is 0 Å². The summed E-state index contributed by atoms with van der Waals surface area (Å²) in [6.45, 7) is 0.861. The van der Waals surface area contributed by atoms with Gasteiger partial charge < -0.3 is 9.47 Å². The van der Waals surface area contributed by atoms with E-state index in [4.69, 9.17) is 0 Å². The van der Waals surface area contributed by atoms with E-state index in [9.17, 15) is 4.79 Å². The molecule has 4 nitrogen and oxygen atoms in total. The van der Waals surface area contributed by atoms with Crippen molar-refractivity contribution in [3.8, 4) is 0 Å². The van der Waals surface area contributed by atoms with Crippen LogP contribution in [0, 0.1) is 0 Å². The summed E-state index contributed by atoms with van der Waals surface area (Å²) < 4.78 is 1.77. The van der Waals surface area contributed by atoms with Crippen molar-refractivity contribution < 1.29 is 4.79 Å². The first-order chi connectivity index (χ1) is 7.24. The zero-order chi connectivity index (χ0) is 10.8. The smallest absolute Gasteiger partial charge is 0.272 e. The van der Waals surface area contributed by atoms with Gasteiger partial charge in [0.25, 0.3) is 5.91 Å². The van der Waals surface area contributed by atoms with E-state index >= 15 is 0 Å². The molecule has 1 fully saturated rings. The molecule has 1 aromatic heterocycles. The van der Waals surface area contributed by atoms with Gasteiger partial charge in [0.1, 0.15) is 5.69 Å². The fourth-order valence-electron chi connectivity index (χ4n) is 1.97. The molecule has 0 spiro atoms. The number of likely N-dealkylation sites (tertiary alicyclic amines) is 1. The molecule has 1 aliphatic rings. The van der Waals surface area contributed by atoms with Crippen molar-refractivity contribution in [1.82, 2.24) is 14.5 Å². The molecule has 0 bridgehead atoms. The van der Waals surface area contributed by atoms with Gasteiger partial charge >= 0.3 is 0 Å². The van der Waals surface area contributed by atoms with Crippen LogP contribution in [0.4, 0.5) is 0 Å². The van der Waals surface area contributed by atoms with Crippen LogP contribution in [0.2, 0.25) is 0 Å². The predicted molar refractivity (Wildman–Crippen MR) is 61.1 cm³/mol. The van der Waals surface area contributed by atoms with Crippen molar-refractivity contribution in [2.45, 2.75) is 18.9 Å². The molecule has 1 unspecified atom stereocenters. The number of nitrogens with zero attached hydrogens (tertiary/aromatic N) is 3. The molecule has 0 saturated carbocycles. The van der Waals surface area contributed by atoms with Gasteiger partial charge in [-0.2, -0.15) is 0 Å². The number of halogens is 1. The van der Waals surface area contributed by atoms with Crippen molar-refractivity contribution in [1.29, 1.82) is 0 Å². The molecule has 82 valence electrons. The molecule has 15 heavy (non-hydrogen) atoms. The Bertz CT molecular complexity index is 363. The average molecular weight is 272 g/mol. The molecular weight excluding hydrogens is 258 g/mol. The van der Waals surface area contributed by atoms with Crippen LogP contribution in [0.5, 0.6) is 0 Å². The number of carbonyl (C=O) groups is 1. The molecule has 0 radical (unpaired) electrons. The van der Waals surface area contributed by atoms with Crippen molar-refractivity contribution in [3.63, 3.8) is 0 Å². The summed E-state index contributed by atoms with van der Waals surface area (Å²) in [6.07, 6.45) is 5.48. The largest absolute Gasteiger partial charge is 0.334 e. The lowest BCUT2D eigenvalue weighted by Gasteiger charge is -2.22. The highest BCUT2D eigenvalue weighted by Crippen LogP contribution is 2.21. The third-order valence-corrected chi connectivity index (χ3v) is 3.60. The Kier molecular flexibility index (Phi) is 3.09. The highest BCUT2D eigenvalue weighted by molar-refractivity contribution is 9.09. The number of amides is 1. The second-order valence-corrected chi connectivity index (χ2v) is 4.49. The second-order valence-electron chi connectivity index (χ2n) is 3.84. The molecular formula is C10H14BrN3O. The average Bonchev–Trinajstić information content (AvgIpc) is 2.84. The number of hydrogen-bond donors (Lipinski definition) is 0. The summed E-state index contributed by atoms with van der Waals surface area (Å²) in [4.78, 5) is 18.0. The maximum absolute atomic E-state index is 12.1. The summed E-state index contributed by atoms with van der Waals surface area (Å²) >= 11 is 3.45. The number of aryl methyl sites for hydroxylation is 1. The molecule has 1 aromatic rings. The van der Waals surface area contributed by atoms with E-state index in [1.807, 2.05) is 11.9 Å². The molecule has 1 amide bonds. The van der Waals surface area contributed by atoms with Crippen LogP contribution in [-0.4, -0.2) is 38.3 Å². The lowest BCUT2D eigenvalue weighted by Crippen LogP contribution is -2.37. The second kappa shape index (κ2) is 4.35. The summed E-state index contributed by atoms with van der Waals surface area (Å²) in [7, 11) is 1.85. The number of alkyl halides is 1. The van der Waals surface area contributed by atoms with E-state index in [1.165, 1.54) is 0 Å². The molecule has 1 aliphatic heterocycles. The van der Waals surface area contributed by atoms with Crippen molar-refractivity contribution >= 4 is 21.8 Å². The summed E-state index contributed by atoms with van der Waals surface area (Å²) in [6, 6.07) is 0.340. The minimum Gasteiger partial charge on any atom is -0.334 e. The molecule has 0 N–H and O–H groups in total. The number of imidazole rings is 1. The Morgan fingerprint density at radius 1 is 1.73 bits per heavy atom. The van der Waals surface area contributed by atoms with Gasteiger partial charge in [-0.15, -0.1) is 0 Å². The SMILES string of the molecule is Cn1cncc1C(=O)N1CCCC1CBr. The lowest BCUT2D eigenvalue weighted by atomic mass is 10.2. The maximum atomic E-state index is 12.1. The van der Waals surface area contributed by atoms with Gasteiger partial charge in [-0.25, -0.2) is 4.98 Å². The molecule has 1 atom stereocenters. The maximum Gasteiger partial charge on any atom is 0.272 e. The van der Waals surface area contributed by atoms with Crippen LogP contribution in [0.25, 0.3) is 0 Å². The number of aromatic nitrogens is 2. The molecule has 2 rings (SSSR count). The zero-order valence-electron chi connectivity index (χ0n) is 8.69. The minimum atomic E-state index is 0.0944. The molecule has 0 aliphatic carbocycles. The molecule has 5 heteroatoms. The van der Waals surface area contributed by atoms with Gasteiger partial charge in [-0.3, -0.25) is 4.79 Å². The Morgan fingerprint density at radius 2 is 2.53 bits per heavy atom. The van der Waals surface area contributed by atoms with Crippen LogP contribution in [0.1, 0.15) is 23.3 Å². The number of carbonyl (C=O) groups excluding carboxylic acids is 1. The van der Waals surface area contributed by atoms with E-state index in [0.717, 1.165) is 24.7 Å². The fourth-order valence-corrected chi connectivity index (χ4v) is 2.65. The summed E-state index contributed by atoms with van der Waals surface area (Å²) in [5.74, 6) is 0.0944. The van der Waals surface area contributed by atoms with Crippen molar-refractivity contribution in [3.05, 3.63) is 18.2 Å². The first kappa shape index (κ1) is 10.7. The minimum absolute atomic E-state index is 0.0944. The van der Waals surface area contributed by atoms with Gasteiger partial charge in [0.05, 0.1) is 12.5 Å². The van der Waals surface area contributed by atoms with Crippen LogP contribution in [-0.2, 0) is 7.05 Å². The first-order valence-electron chi connectivity index (χ1n) is 5.07. The summed E-state index contributed by atoms with van der Waals surface area (Å²) in [5, 5.41) is 0.858. The van der Waals surface area contributed by atoms with E-state index < -0.39 is 0 Å². The Morgan fingerprint density at radius 3 is 3.13 bits per heavy atom. The van der Waals surface area contributed by atoms with Crippen molar-refractivity contribution in [2.24, 2.45) is 7.05 Å². The van der Waals surface area contributed by atoms with Gasteiger partial charge in [0.2, 0.25) is 0 Å². The Balaban J connectivity index is 2.18. The van der Waals surface area contributed by atoms with Crippen LogP contribution < -0.4 is 0 Å². The Labute approximate surface area is 97.4 Å². The fraction of sp³-hybridized carbons (Fsp3) is 0.600. The van der Waals surface area contributed by atoms with E-state index in [2.05, 4.69) is 20.9 Å². The highest BCUT2D eigenvalue weighted by Gasteiger charge is 2.29. The number of rotatable bonds is 2. The first-order valence-corrected chi connectivity index (χ1v) is 6.19. The predicted octanol–water partition coefficient (Wildman–Crippen LogP) is 1.42.